The van der Waals surface area contributed by atoms with Crippen LogP contribution in [0.5, 0.6) is 0 Å². The second-order valence-electron chi connectivity index (χ2n) is 7.25. The molecule has 0 bridgehead atoms. The van der Waals surface area contributed by atoms with Gasteiger partial charge in [-0.25, -0.2) is 8.42 Å². The van der Waals surface area contributed by atoms with E-state index in [9.17, 15) is 13.2 Å². The molecular weight excluding hydrogens is 392 g/mol. The van der Waals surface area contributed by atoms with Crippen molar-refractivity contribution in [2.24, 2.45) is 0 Å². The number of fused-ring (bicyclic) bond motifs is 1. The average molecular weight is 421 g/mol. The molecule has 28 heavy (non-hydrogen) atoms. The van der Waals surface area contributed by atoms with Crippen LogP contribution in [0.1, 0.15) is 32.1 Å². The first-order valence-corrected chi connectivity index (χ1v) is 12.3. The quantitative estimate of drug-likeness (QED) is 0.662. The Morgan fingerprint density at radius 1 is 1.11 bits per heavy atom. The van der Waals surface area contributed by atoms with Gasteiger partial charge in [-0.15, -0.1) is 0 Å². The number of hydrogen-bond donors (Lipinski definition) is 1. The summed E-state index contributed by atoms with van der Waals surface area (Å²) in [6.07, 6.45) is 6.49. The largest absolute Gasteiger partial charge is 0.354 e. The summed E-state index contributed by atoms with van der Waals surface area (Å²) in [5.41, 5.74) is 0. The number of hydrogen-bond acceptors (Lipinski definition) is 4. The highest BCUT2D eigenvalue weighted by Crippen LogP contribution is 2.27. The number of thioether (sulfide) groups is 1. The Kier molecular flexibility index (Phi) is 7.37. The number of nitrogens with zero attached hydrogens (tertiary/aromatic N) is 1. The molecule has 0 atom stereocenters. The van der Waals surface area contributed by atoms with E-state index in [0.717, 1.165) is 20.8 Å². The van der Waals surface area contributed by atoms with Gasteiger partial charge in [0.05, 0.1) is 11.4 Å². The number of carbonyl (C=O) groups excluding carboxylic acids is 1. The van der Waals surface area contributed by atoms with Crippen LogP contribution in [0.3, 0.4) is 0 Å². The zero-order valence-electron chi connectivity index (χ0n) is 16.3. The lowest BCUT2D eigenvalue weighted by Gasteiger charge is -2.21. The summed E-state index contributed by atoms with van der Waals surface area (Å²) in [4.78, 5) is 12.4. The fraction of sp³-hybridized carbons (Fsp3) is 0.476. The van der Waals surface area contributed by atoms with E-state index < -0.39 is 10.0 Å². The first-order chi connectivity index (χ1) is 13.5. The second-order valence-corrected chi connectivity index (χ2v) is 10.7. The van der Waals surface area contributed by atoms with Crippen LogP contribution < -0.4 is 5.32 Å². The van der Waals surface area contributed by atoms with Crippen LogP contribution in [0, 0.1) is 0 Å². The zero-order valence-corrected chi connectivity index (χ0v) is 17.9. The summed E-state index contributed by atoms with van der Waals surface area (Å²) in [5.74, 6) is 0.605. The first-order valence-electron chi connectivity index (χ1n) is 9.80. The number of sulfonamides is 1. The number of amides is 1. The van der Waals surface area contributed by atoms with Gasteiger partial charge in [-0.2, -0.15) is 16.1 Å². The lowest BCUT2D eigenvalue weighted by molar-refractivity contribution is -0.121. The number of rotatable bonds is 8. The molecule has 152 valence electrons. The number of benzene rings is 2. The van der Waals surface area contributed by atoms with Crippen LogP contribution in [0.2, 0.25) is 0 Å². The van der Waals surface area contributed by atoms with Crippen molar-refractivity contribution >= 4 is 38.5 Å². The molecule has 0 saturated heterocycles. The van der Waals surface area contributed by atoms with E-state index in [-0.39, 0.29) is 17.3 Å². The summed E-state index contributed by atoms with van der Waals surface area (Å²) >= 11 is 1.92. The average Bonchev–Trinajstić information content (AvgIpc) is 2.71. The standard InChI is InChI=1S/C21H28N2O3S2/c1-23(16-21(24)22-13-14-27-19-9-3-2-4-10-19)28(25,26)20-12-11-17-7-5-6-8-18(17)15-20/h5-8,11-12,15,19H,2-4,9-10,13-14,16H2,1H3,(H,22,24). The summed E-state index contributed by atoms with van der Waals surface area (Å²) in [5, 5.41) is 5.40. The zero-order chi connectivity index (χ0) is 20.0. The molecule has 1 aliphatic carbocycles. The molecule has 0 unspecified atom stereocenters. The molecule has 2 aromatic rings. The van der Waals surface area contributed by atoms with Crippen molar-refractivity contribution in [1.82, 2.24) is 9.62 Å². The van der Waals surface area contributed by atoms with E-state index in [2.05, 4.69) is 5.32 Å². The van der Waals surface area contributed by atoms with Gasteiger partial charge in [0.2, 0.25) is 15.9 Å². The van der Waals surface area contributed by atoms with Gasteiger partial charge in [0.25, 0.3) is 0 Å². The van der Waals surface area contributed by atoms with E-state index >= 15 is 0 Å². The van der Waals surface area contributed by atoms with Crippen molar-refractivity contribution in [3.05, 3.63) is 42.5 Å². The third-order valence-electron chi connectivity index (χ3n) is 5.13. The van der Waals surface area contributed by atoms with Crippen molar-refractivity contribution in [1.29, 1.82) is 0 Å². The molecule has 1 saturated carbocycles. The Labute approximate surface area is 171 Å². The first kappa shape index (κ1) is 21.1. The Hall–Kier alpha value is -1.57. The van der Waals surface area contributed by atoms with Gasteiger partial charge in [0.15, 0.2) is 0 Å². The highest BCUT2D eigenvalue weighted by molar-refractivity contribution is 7.99. The molecule has 0 heterocycles. The molecule has 1 N–H and O–H groups in total. The van der Waals surface area contributed by atoms with Crippen LogP contribution in [0.25, 0.3) is 10.8 Å². The summed E-state index contributed by atoms with van der Waals surface area (Å²) < 4.78 is 26.7. The minimum atomic E-state index is -3.71. The minimum Gasteiger partial charge on any atom is -0.354 e. The summed E-state index contributed by atoms with van der Waals surface area (Å²) in [6, 6.07) is 12.6. The molecule has 0 aliphatic heterocycles. The fourth-order valence-corrected chi connectivity index (χ4v) is 5.88. The maximum Gasteiger partial charge on any atom is 0.243 e. The molecule has 7 heteroatoms. The third-order valence-corrected chi connectivity index (χ3v) is 8.31. The van der Waals surface area contributed by atoms with Gasteiger partial charge in [-0.05, 0) is 35.7 Å². The van der Waals surface area contributed by atoms with Gasteiger partial charge in [0, 0.05) is 24.6 Å². The predicted octanol–water partition coefficient (Wildman–Crippen LogP) is 3.64. The molecule has 3 rings (SSSR count). The predicted molar refractivity (Wildman–Crippen MR) is 116 cm³/mol. The monoisotopic (exact) mass is 420 g/mol. The van der Waals surface area contributed by atoms with Crippen LogP contribution in [-0.4, -0.2) is 49.8 Å². The molecule has 2 aromatic carbocycles. The third kappa shape index (κ3) is 5.49. The minimum absolute atomic E-state index is 0.177. The SMILES string of the molecule is CN(CC(=O)NCCSC1CCCCC1)S(=O)(=O)c1ccc2ccccc2c1. The van der Waals surface area contributed by atoms with E-state index in [0.29, 0.717) is 11.8 Å². The van der Waals surface area contributed by atoms with Crippen molar-refractivity contribution < 1.29 is 13.2 Å². The van der Waals surface area contributed by atoms with Crippen LogP contribution >= 0.6 is 11.8 Å². The van der Waals surface area contributed by atoms with Gasteiger partial charge in [-0.3, -0.25) is 4.79 Å². The van der Waals surface area contributed by atoms with Crippen LogP contribution in [0.15, 0.2) is 47.4 Å². The molecule has 0 radical (unpaired) electrons. The Bertz CT molecular complexity index is 909. The highest BCUT2D eigenvalue weighted by Gasteiger charge is 2.23. The number of carbonyl (C=O) groups is 1. The summed E-state index contributed by atoms with van der Waals surface area (Å²) in [6.45, 7) is 0.396. The van der Waals surface area contributed by atoms with E-state index in [1.807, 2.05) is 36.0 Å². The molecule has 1 amide bonds. The van der Waals surface area contributed by atoms with Crippen LogP contribution in [0.4, 0.5) is 0 Å². The van der Waals surface area contributed by atoms with Crippen molar-refractivity contribution in [2.45, 2.75) is 42.2 Å². The maximum atomic E-state index is 12.8. The van der Waals surface area contributed by atoms with E-state index in [1.165, 1.54) is 39.2 Å². The molecule has 5 nitrogen and oxygen atoms in total. The van der Waals surface area contributed by atoms with E-state index in [1.54, 1.807) is 18.2 Å². The van der Waals surface area contributed by atoms with Gasteiger partial charge in [-0.1, -0.05) is 49.6 Å². The normalized spacial score (nSPS) is 15.8. The molecule has 1 aliphatic rings. The van der Waals surface area contributed by atoms with Crippen molar-refractivity contribution in [2.75, 3.05) is 25.9 Å². The van der Waals surface area contributed by atoms with Crippen LogP contribution in [-0.2, 0) is 14.8 Å². The Balaban J connectivity index is 1.50. The topological polar surface area (TPSA) is 66.5 Å². The number of nitrogens with one attached hydrogen (secondary N) is 1. The molecular formula is C21H28N2O3S2. The molecule has 0 spiro atoms. The van der Waals surface area contributed by atoms with Crippen molar-refractivity contribution in [3.63, 3.8) is 0 Å². The maximum absolute atomic E-state index is 12.8. The van der Waals surface area contributed by atoms with Gasteiger partial charge >= 0.3 is 0 Å². The summed E-state index contributed by atoms with van der Waals surface area (Å²) in [7, 11) is -2.26. The fourth-order valence-electron chi connectivity index (χ4n) is 3.50. The lowest BCUT2D eigenvalue weighted by Crippen LogP contribution is -2.39. The molecule has 0 aromatic heterocycles. The Morgan fingerprint density at radius 2 is 1.82 bits per heavy atom. The number of likely N-dealkylation sites (N-methyl/N-ethyl adjacent to an activating group) is 1. The smallest absolute Gasteiger partial charge is 0.243 e. The highest BCUT2D eigenvalue weighted by atomic mass is 32.2. The second kappa shape index (κ2) is 9.76. The van der Waals surface area contributed by atoms with Crippen molar-refractivity contribution in [3.8, 4) is 0 Å². The lowest BCUT2D eigenvalue weighted by atomic mass is 10.0. The molecule has 1 fully saturated rings. The van der Waals surface area contributed by atoms with E-state index in [4.69, 9.17) is 0 Å². The van der Waals surface area contributed by atoms with Gasteiger partial charge < -0.3 is 5.32 Å². The Morgan fingerprint density at radius 3 is 2.57 bits per heavy atom. The van der Waals surface area contributed by atoms with Gasteiger partial charge in [0.1, 0.15) is 0 Å².